The van der Waals surface area contributed by atoms with E-state index in [0.717, 1.165) is 0 Å². The lowest BCUT2D eigenvalue weighted by molar-refractivity contribution is -0.205. The van der Waals surface area contributed by atoms with Crippen molar-refractivity contribution in [3.05, 3.63) is 0 Å². The van der Waals surface area contributed by atoms with Gasteiger partial charge in [-0.3, -0.25) is 4.79 Å². The molecule has 3 atom stereocenters. The van der Waals surface area contributed by atoms with E-state index in [1.54, 1.807) is 0 Å². The Bertz CT molecular complexity index is 477. The topological polar surface area (TPSA) is 38.8 Å². The van der Waals surface area contributed by atoms with Crippen molar-refractivity contribution in [1.82, 2.24) is 0 Å². The number of epoxide rings is 1. The first-order chi connectivity index (χ1) is 8.69. The van der Waals surface area contributed by atoms with Gasteiger partial charge >= 0.3 is 5.97 Å². The Labute approximate surface area is 123 Å². The number of methoxy groups -OCH3 is 1. The lowest BCUT2D eigenvalue weighted by Gasteiger charge is -2.64. The molecule has 3 heteroatoms. The fourth-order valence-electron chi connectivity index (χ4n) is 5.02. The molecule has 1 heterocycles. The van der Waals surface area contributed by atoms with Gasteiger partial charge < -0.3 is 9.47 Å². The van der Waals surface area contributed by atoms with Crippen LogP contribution in [0.15, 0.2) is 0 Å². The van der Waals surface area contributed by atoms with E-state index in [1.807, 2.05) is 6.92 Å². The molecule has 0 radical (unpaired) electrons. The highest BCUT2D eigenvalue weighted by Gasteiger charge is 2.88. The zero-order chi connectivity index (χ0) is 16.0. The van der Waals surface area contributed by atoms with Crippen molar-refractivity contribution in [3.8, 4) is 0 Å². The Morgan fingerprint density at radius 3 is 1.55 bits per heavy atom. The summed E-state index contributed by atoms with van der Waals surface area (Å²) in [5.74, 6) is -0.139. The Balaban J connectivity index is 2.78. The highest BCUT2D eigenvalue weighted by molar-refractivity contribution is 5.80. The zero-order valence-corrected chi connectivity index (χ0v) is 14.7. The van der Waals surface area contributed by atoms with Gasteiger partial charge in [-0.2, -0.15) is 0 Å². The fraction of sp³-hybridized carbons (Fsp3) is 0.941. The van der Waals surface area contributed by atoms with Gasteiger partial charge in [0.15, 0.2) is 0 Å². The van der Waals surface area contributed by atoms with E-state index < -0.39 is 5.41 Å². The Morgan fingerprint density at radius 2 is 1.15 bits per heavy atom. The van der Waals surface area contributed by atoms with Crippen molar-refractivity contribution in [2.45, 2.75) is 73.5 Å². The summed E-state index contributed by atoms with van der Waals surface area (Å²) >= 11 is 0. The average molecular weight is 282 g/mol. The molecule has 0 bridgehead atoms. The molecule has 1 aliphatic heterocycles. The summed E-state index contributed by atoms with van der Waals surface area (Å²) in [6.07, 6.45) is 0. The summed E-state index contributed by atoms with van der Waals surface area (Å²) < 4.78 is 11.5. The van der Waals surface area contributed by atoms with Gasteiger partial charge in [-0.05, 0) is 26.2 Å². The number of carbonyl (C=O) groups excluding carboxylic acids is 1. The van der Waals surface area contributed by atoms with Gasteiger partial charge in [0.25, 0.3) is 0 Å². The molecule has 0 aromatic rings. The Kier molecular flexibility index (Phi) is 2.71. The third-order valence-electron chi connectivity index (χ3n) is 8.32. The molecule has 0 aromatic carbocycles. The van der Waals surface area contributed by atoms with Crippen molar-refractivity contribution in [3.63, 3.8) is 0 Å². The van der Waals surface area contributed by atoms with Crippen LogP contribution in [0, 0.1) is 21.7 Å². The van der Waals surface area contributed by atoms with Crippen LogP contribution in [-0.2, 0) is 14.3 Å². The van der Waals surface area contributed by atoms with E-state index in [-0.39, 0.29) is 33.4 Å². The minimum absolute atomic E-state index is 0.139. The second kappa shape index (κ2) is 3.43. The normalized spacial score (nSPS) is 47.3. The van der Waals surface area contributed by atoms with E-state index in [1.165, 1.54) is 7.11 Å². The molecule has 3 nitrogen and oxygen atoms in total. The number of hydrogen-bond donors (Lipinski definition) is 0. The average Bonchev–Trinajstić information content (AvgIpc) is 2.92. The zero-order valence-electron chi connectivity index (χ0n) is 14.7. The molecule has 2 rings (SSSR count). The molecular weight excluding hydrogens is 252 g/mol. The van der Waals surface area contributed by atoms with Crippen LogP contribution in [0.4, 0.5) is 0 Å². The van der Waals surface area contributed by atoms with Crippen molar-refractivity contribution < 1.29 is 14.3 Å². The van der Waals surface area contributed by atoms with Crippen LogP contribution in [0.1, 0.15) is 62.3 Å². The quantitative estimate of drug-likeness (QED) is 0.542. The van der Waals surface area contributed by atoms with E-state index in [9.17, 15) is 4.79 Å². The maximum absolute atomic E-state index is 12.7. The molecule has 20 heavy (non-hydrogen) atoms. The predicted molar refractivity (Wildman–Crippen MR) is 79.4 cm³/mol. The lowest BCUT2D eigenvalue weighted by atomic mass is 9.35. The highest BCUT2D eigenvalue weighted by atomic mass is 16.6. The SMILES string of the molecule is COC(=O)C1(C)C(C)(C)C(C)(C)C2(C)OC2(C)C1(C)C. The largest absolute Gasteiger partial charge is 0.469 e. The van der Waals surface area contributed by atoms with Crippen LogP contribution in [-0.4, -0.2) is 24.3 Å². The second-order valence-electron chi connectivity index (χ2n) is 8.66. The van der Waals surface area contributed by atoms with Gasteiger partial charge in [-0.15, -0.1) is 0 Å². The molecular formula is C17H30O3. The number of ether oxygens (including phenoxy) is 2. The molecule has 0 spiro atoms. The maximum Gasteiger partial charge on any atom is 0.312 e. The monoisotopic (exact) mass is 282 g/mol. The van der Waals surface area contributed by atoms with Crippen LogP contribution in [0.2, 0.25) is 0 Å². The standard InChI is InChI=1S/C17H30O3/c1-12(2)13(3,4)16(8)17(9,20-16)14(5,6)15(12,7)11(18)19-10/h1-10H3. The summed E-state index contributed by atoms with van der Waals surface area (Å²) in [7, 11) is 1.48. The van der Waals surface area contributed by atoms with Gasteiger partial charge in [-0.1, -0.05) is 41.5 Å². The van der Waals surface area contributed by atoms with E-state index in [2.05, 4.69) is 55.4 Å². The summed E-state index contributed by atoms with van der Waals surface area (Å²) in [5, 5.41) is 0. The summed E-state index contributed by atoms with van der Waals surface area (Å²) in [5.41, 5.74) is -1.89. The molecule has 1 saturated heterocycles. The molecule has 1 aliphatic carbocycles. The molecule has 0 aromatic heterocycles. The minimum atomic E-state index is -0.622. The Hall–Kier alpha value is -0.570. The first-order valence-electron chi connectivity index (χ1n) is 7.47. The van der Waals surface area contributed by atoms with E-state index >= 15 is 0 Å². The number of fused-ring (bicyclic) bond motifs is 1. The van der Waals surface area contributed by atoms with Gasteiger partial charge in [0, 0.05) is 10.8 Å². The van der Waals surface area contributed by atoms with Gasteiger partial charge in [0.1, 0.15) is 11.2 Å². The van der Waals surface area contributed by atoms with Crippen molar-refractivity contribution in [2.75, 3.05) is 7.11 Å². The Morgan fingerprint density at radius 1 is 0.750 bits per heavy atom. The number of rotatable bonds is 1. The fourth-order valence-corrected chi connectivity index (χ4v) is 5.02. The van der Waals surface area contributed by atoms with Crippen LogP contribution < -0.4 is 0 Å². The third kappa shape index (κ3) is 1.10. The van der Waals surface area contributed by atoms with Gasteiger partial charge in [-0.25, -0.2) is 0 Å². The van der Waals surface area contributed by atoms with Crippen LogP contribution in [0.5, 0.6) is 0 Å². The maximum atomic E-state index is 12.7. The first kappa shape index (κ1) is 15.8. The summed E-state index contributed by atoms with van der Waals surface area (Å²) in [6.45, 7) is 19.5. The molecule has 0 amide bonds. The summed E-state index contributed by atoms with van der Waals surface area (Å²) in [6, 6.07) is 0. The minimum Gasteiger partial charge on any atom is -0.469 e. The molecule has 2 fully saturated rings. The first-order valence-corrected chi connectivity index (χ1v) is 7.47. The lowest BCUT2D eigenvalue weighted by Crippen LogP contribution is -2.70. The number of carbonyl (C=O) groups is 1. The van der Waals surface area contributed by atoms with Crippen molar-refractivity contribution >= 4 is 5.97 Å². The second-order valence-corrected chi connectivity index (χ2v) is 8.66. The molecule has 116 valence electrons. The van der Waals surface area contributed by atoms with Crippen molar-refractivity contribution in [1.29, 1.82) is 0 Å². The molecule has 2 aliphatic rings. The van der Waals surface area contributed by atoms with Crippen LogP contribution in [0.3, 0.4) is 0 Å². The number of esters is 1. The third-order valence-corrected chi connectivity index (χ3v) is 8.32. The molecule has 0 N–H and O–H groups in total. The predicted octanol–water partition coefficient (Wildman–Crippen LogP) is 3.81. The molecule has 3 unspecified atom stereocenters. The summed E-state index contributed by atoms with van der Waals surface area (Å²) in [4.78, 5) is 12.7. The molecule has 1 saturated carbocycles. The highest BCUT2D eigenvalue weighted by Crippen LogP contribution is 2.81. The van der Waals surface area contributed by atoms with Gasteiger partial charge in [0.2, 0.25) is 0 Å². The van der Waals surface area contributed by atoms with Crippen LogP contribution >= 0.6 is 0 Å². The van der Waals surface area contributed by atoms with E-state index in [0.29, 0.717) is 0 Å². The number of hydrogen-bond acceptors (Lipinski definition) is 3. The smallest absolute Gasteiger partial charge is 0.312 e. The van der Waals surface area contributed by atoms with Crippen molar-refractivity contribution in [2.24, 2.45) is 21.7 Å². The van der Waals surface area contributed by atoms with Crippen LogP contribution in [0.25, 0.3) is 0 Å². The van der Waals surface area contributed by atoms with Gasteiger partial charge in [0.05, 0.1) is 12.5 Å². The van der Waals surface area contributed by atoms with E-state index in [4.69, 9.17) is 9.47 Å².